The number of hydrogen-bond donors (Lipinski definition) is 1. The van der Waals surface area contributed by atoms with E-state index in [1.165, 1.54) is 0 Å². The highest BCUT2D eigenvalue weighted by Crippen LogP contribution is 2.27. The van der Waals surface area contributed by atoms with Crippen LogP contribution in [-0.2, 0) is 20.9 Å². The molecule has 100 valence electrons. The van der Waals surface area contributed by atoms with Gasteiger partial charge in [-0.3, -0.25) is 9.59 Å². The van der Waals surface area contributed by atoms with Crippen molar-refractivity contribution in [1.29, 1.82) is 0 Å². The number of esters is 1. The van der Waals surface area contributed by atoms with Crippen molar-refractivity contribution in [1.82, 2.24) is 0 Å². The van der Waals surface area contributed by atoms with Crippen molar-refractivity contribution in [2.45, 2.75) is 19.4 Å². The first-order chi connectivity index (χ1) is 9.18. The van der Waals surface area contributed by atoms with Crippen molar-refractivity contribution in [3.05, 3.63) is 48.0 Å². The lowest BCUT2D eigenvalue weighted by Crippen LogP contribution is -2.32. The maximum atomic E-state index is 12.0. The molecule has 0 amide bonds. The standard InChI is InChI=1S/C15H16O4/c16-14(17)12-8-4-5-9-13(12)15(18)19-10-11-6-2-1-3-7-11/h1-7,12-13H,8-10H2,(H,16,17)/t12-,13-/m1/s1. The second kappa shape index (κ2) is 6.18. The van der Waals surface area contributed by atoms with Crippen molar-refractivity contribution < 1.29 is 19.4 Å². The van der Waals surface area contributed by atoms with Crippen LogP contribution in [0.2, 0.25) is 0 Å². The highest BCUT2D eigenvalue weighted by Gasteiger charge is 2.34. The van der Waals surface area contributed by atoms with Crippen LogP contribution in [0.25, 0.3) is 0 Å². The van der Waals surface area contributed by atoms with Gasteiger partial charge in [-0.15, -0.1) is 0 Å². The van der Waals surface area contributed by atoms with Crippen LogP contribution in [-0.4, -0.2) is 17.0 Å². The molecule has 0 aliphatic heterocycles. The Bertz CT molecular complexity index is 478. The van der Waals surface area contributed by atoms with Gasteiger partial charge in [0, 0.05) is 0 Å². The van der Waals surface area contributed by atoms with E-state index >= 15 is 0 Å². The summed E-state index contributed by atoms with van der Waals surface area (Å²) in [6.07, 6.45) is 4.47. The third-order valence-corrected chi connectivity index (χ3v) is 3.28. The maximum Gasteiger partial charge on any atom is 0.310 e. The highest BCUT2D eigenvalue weighted by atomic mass is 16.5. The van der Waals surface area contributed by atoms with Gasteiger partial charge < -0.3 is 9.84 Å². The molecule has 19 heavy (non-hydrogen) atoms. The van der Waals surface area contributed by atoms with Crippen LogP contribution in [0, 0.1) is 11.8 Å². The van der Waals surface area contributed by atoms with Gasteiger partial charge in [-0.2, -0.15) is 0 Å². The normalized spacial score (nSPS) is 21.9. The molecule has 1 N–H and O–H groups in total. The van der Waals surface area contributed by atoms with E-state index in [9.17, 15) is 9.59 Å². The van der Waals surface area contributed by atoms with Gasteiger partial charge in [0.25, 0.3) is 0 Å². The molecule has 4 heteroatoms. The topological polar surface area (TPSA) is 63.6 Å². The Labute approximate surface area is 111 Å². The monoisotopic (exact) mass is 260 g/mol. The molecule has 0 saturated carbocycles. The molecule has 0 saturated heterocycles. The Morgan fingerprint density at radius 2 is 1.74 bits per heavy atom. The van der Waals surface area contributed by atoms with Gasteiger partial charge in [-0.05, 0) is 18.4 Å². The fraction of sp³-hybridized carbons (Fsp3) is 0.333. The van der Waals surface area contributed by atoms with Crippen LogP contribution in [0.4, 0.5) is 0 Å². The van der Waals surface area contributed by atoms with Gasteiger partial charge in [0.1, 0.15) is 6.61 Å². The van der Waals surface area contributed by atoms with E-state index in [-0.39, 0.29) is 6.61 Å². The van der Waals surface area contributed by atoms with E-state index in [4.69, 9.17) is 9.84 Å². The minimum atomic E-state index is -0.939. The Morgan fingerprint density at radius 1 is 1.11 bits per heavy atom. The summed E-state index contributed by atoms with van der Waals surface area (Å²) in [6, 6.07) is 9.35. The van der Waals surface area contributed by atoms with Gasteiger partial charge in [0.05, 0.1) is 11.8 Å². The average Bonchev–Trinajstić information content (AvgIpc) is 2.46. The molecule has 0 radical (unpaired) electrons. The quantitative estimate of drug-likeness (QED) is 0.667. The summed E-state index contributed by atoms with van der Waals surface area (Å²) in [5.41, 5.74) is 0.897. The van der Waals surface area contributed by atoms with Crippen molar-refractivity contribution in [3.63, 3.8) is 0 Å². The zero-order valence-electron chi connectivity index (χ0n) is 10.5. The second-order valence-electron chi connectivity index (χ2n) is 4.59. The summed E-state index contributed by atoms with van der Waals surface area (Å²) in [4.78, 5) is 23.1. The Balaban J connectivity index is 1.95. The minimum Gasteiger partial charge on any atom is -0.481 e. The van der Waals surface area contributed by atoms with Crippen LogP contribution >= 0.6 is 0 Å². The van der Waals surface area contributed by atoms with E-state index in [0.29, 0.717) is 12.8 Å². The molecule has 0 spiro atoms. The number of carbonyl (C=O) groups excluding carboxylic acids is 1. The summed E-state index contributed by atoms with van der Waals surface area (Å²) in [5.74, 6) is -2.62. The van der Waals surface area contributed by atoms with Gasteiger partial charge in [-0.25, -0.2) is 0 Å². The van der Waals surface area contributed by atoms with E-state index in [2.05, 4.69) is 0 Å². The number of aliphatic carboxylic acids is 1. The lowest BCUT2D eigenvalue weighted by atomic mass is 9.83. The van der Waals surface area contributed by atoms with Crippen molar-refractivity contribution in [2.24, 2.45) is 11.8 Å². The van der Waals surface area contributed by atoms with Crippen LogP contribution < -0.4 is 0 Å². The molecule has 0 unspecified atom stereocenters. The minimum absolute atomic E-state index is 0.187. The van der Waals surface area contributed by atoms with Crippen molar-refractivity contribution in [2.75, 3.05) is 0 Å². The number of carbonyl (C=O) groups is 2. The lowest BCUT2D eigenvalue weighted by Gasteiger charge is -2.23. The van der Waals surface area contributed by atoms with Crippen LogP contribution in [0.15, 0.2) is 42.5 Å². The average molecular weight is 260 g/mol. The molecular formula is C15H16O4. The number of rotatable bonds is 4. The predicted molar refractivity (Wildman–Crippen MR) is 69.2 cm³/mol. The number of benzene rings is 1. The first-order valence-corrected chi connectivity index (χ1v) is 6.27. The molecule has 1 aliphatic rings. The third kappa shape index (κ3) is 3.44. The molecule has 2 rings (SSSR count). The van der Waals surface area contributed by atoms with Gasteiger partial charge in [-0.1, -0.05) is 42.5 Å². The van der Waals surface area contributed by atoms with E-state index in [1.54, 1.807) is 6.08 Å². The number of hydrogen-bond acceptors (Lipinski definition) is 3. The van der Waals surface area contributed by atoms with Gasteiger partial charge in [0.2, 0.25) is 0 Å². The summed E-state index contributed by atoms with van der Waals surface area (Å²) < 4.78 is 5.21. The molecule has 2 atom stereocenters. The van der Waals surface area contributed by atoms with Gasteiger partial charge >= 0.3 is 11.9 Å². The Morgan fingerprint density at radius 3 is 2.37 bits per heavy atom. The first-order valence-electron chi connectivity index (χ1n) is 6.27. The van der Waals surface area contributed by atoms with Crippen molar-refractivity contribution in [3.8, 4) is 0 Å². The lowest BCUT2D eigenvalue weighted by molar-refractivity contribution is -0.158. The largest absolute Gasteiger partial charge is 0.481 e. The molecule has 4 nitrogen and oxygen atoms in total. The van der Waals surface area contributed by atoms with Crippen molar-refractivity contribution >= 4 is 11.9 Å². The van der Waals surface area contributed by atoms with Gasteiger partial charge in [0.15, 0.2) is 0 Å². The molecule has 1 aliphatic carbocycles. The Hall–Kier alpha value is -2.10. The molecule has 1 aromatic rings. The van der Waals surface area contributed by atoms with Crippen LogP contribution in [0.5, 0.6) is 0 Å². The zero-order valence-corrected chi connectivity index (χ0v) is 10.5. The summed E-state index contributed by atoms with van der Waals surface area (Å²) >= 11 is 0. The summed E-state index contributed by atoms with van der Waals surface area (Å²) in [6.45, 7) is 0.187. The fourth-order valence-corrected chi connectivity index (χ4v) is 2.18. The zero-order chi connectivity index (χ0) is 13.7. The fourth-order valence-electron chi connectivity index (χ4n) is 2.18. The van der Waals surface area contributed by atoms with E-state index in [1.807, 2.05) is 36.4 Å². The summed E-state index contributed by atoms with van der Waals surface area (Å²) in [7, 11) is 0. The molecule has 1 aromatic carbocycles. The molecular weight excluding hydrogens is 244 g/mol. The number of ether oxygens (including phenoxy) is 1. The molecule has 0 heterocycles. The smallest absolute Gasteiger partial charge is 0.310 e. The van der Waals surface area contributed by atoms with Crippen LogP contribution in [0.1, 0.15) is 18.4 Å². The Kier molecular flexibility index (Phi) is 4.34. The SMILES string of the molecule is O=C(O)[C@@H]1CC=CC[C@H]1C(=O)OCc1ccccc1. The molecule has 0 bridgehead atoms. The van der Waals surface area contributed by atoms with E-state index < -0.39 is 23.8 Å². The second-order valence-corrected chi connectivity index (χ2v) is 4.59. The third-order valence-electron chi connectivity index (χ3n) is 3.28. The number of carboxylic acids is 1. The maximum absolute atomic E-state index is 12.0. The van der Waals surface area contributed by atoms with E-state index in [0.717, 1.165) is 5.56 Å². The highest BCUT2D eigenvalue weighted by molar-refractivity contribution is 5.81. The van der Waals surface area contributed by atoms with Crippen LogP contribution in [0.3, 0.4) is 0 Å². The number of carboxylic acid groups (broad SMARTS) is 1. The summed E-state index contributed by atoms with van der Waals surface area (Å²) in [5, 5.41) is 9.10. The molecule has 0 fully saturated rings. The number of allylic oxidation sites excluding steroid dienone is 2. The predicted octanol–water partition coefficient (Wildman–Crippen LogP) is 2.40. The molecule has 0 aromatic heterocycles. The first kappa shape index (κ1) is 13.3.